The zero-order valence-electron chi connectivity index (χ0n) is 10.5. The molecule has 3 atom stereocenters. The van der Waals surface area contributed by atoms with Crippen LogP contribution in [0.4, 0.5) is 4.79 Å². The molecule has 1 aliphatic carbocycles. The van der Waals surface area contributed by atoms with E-state index in [0.717, 1.165) is 12.8 Å². The first kappa shape index (κ1) is 12.2. The average Bonchev–Trinajstić information content (AvgIpc) is 2.87. The summed E-state index contributed by atoms with van der Waals surface area (Å²) in [6.07, 6.45) is 1.39. The highest BCUT2D eigenvalue weighted by atomic mass is 16.6. The lowest BCUT2D eigenvalue weighted by atomic mass is 10.1. The number of carbonyl (C=O) groups is 2. The number of hydrogen-bond donors (Lipinski definition) is 1. The maximum atomic E-state index is 11.9. The number of carboxylic acids is 1. The predicted octanol–water partition coefficient (Wildman–Crippen LogP) is 1.72. The largest absolute Gasteiger partial charge is 0.481 e. The highest BCUT2D eigenvalue weighted by Crippen LogP contribution is 2.49. The van der Waals surface area contributed by atoms with E-state index in [1.807, 2.05) is 20.8 Å². The van der Waals surface area contributed by atoms with E-state index >= 15 is 0 Å². The Bertz CT molecular complexity index is 347. The van der Waals surface area contributed by atoms with Gasteiger partial charge in [0.25, 0.3) is 0 Å². The van der Waals surface area contributed by atoms with Crippen LogP contribution in [-0.4, -0.2) is 40.3 Å². The van der Waals surface area contributed by atoms with Crippen LogP contribution in [-0.2, 0) is 9.53 Å². The number of rotatable bonds is 1. The Hall–Kier alpha value is -1.26. The van der Waals surface area contributed by atoms with Gasteiger partial charge in [0.2, 0.25) is 0 Å². The SMILES string of the molecule is CC(C)(C)OC(=O)N1CCC[C@@H]2[C@H](C(=O)O)[C@@H]21. The fraction of sp³-hybridized carbons (Fsp3) is 0.833. The van der Waals surface area contributed by atoms with Crippen molar-refractivity contribution in [2.45, 2.75) is 45.3 Å². The van der Waals surface area contributed by atoms with Crippen LogP contribution in [0.3, 0.4) is 0 Å². The molecule has 5 heteroatoms. The van der Waals surface area contributed by atoms with Crippen molar-refractivity contribution in [2.24, 2.45) is 11.8 Å². The number of carbonyl (C=O) groups excluding carboxylic acids is 1. The lowest BCUT2D eigenvalue weighted by molar-refractivity contribution is -0.139. The van der Waals surface area contributed by atoms with Gasteiger partial charge >= 0.3 is 12.1 Å². The summed E-state index contributed by atoms with van der Waals surface area (Å²) in [5.41, 5.74) is -0.530. The van der Waals surface area contributed by atoms with Gasteiger partial charge in [-0.3, -0.25) is 4.79 Å². The molecule has 0 aromatic heterocycles. The van der Waals surface area contributed by atoms with Gasteiger partial charge in [-0.2, -0.15) is 0 Å². The van der Waals surface area contributed by atoms with Crippen LogP contribution < -0.4 is 0 Å². The topological polar surface area (TPSA) is 66.8 Å². The van der Waals surface area contributed by atoms with Crippen LogP contribution in [0.15, 0.2) is 0 Å². The van der Waals surface area contributed by atoms with Crippen molar-refractivity contribution in [3.63, 3.8) is 0 Å². The molecule has 1 aliphatic heterocycles. The number of piperidine rings is 1. The summed E-state index contributed by atoms with van der Waals surface area (Å²) in [4.78, 5) is 24.5. The van der Waals surface area contributed by atoms with Crippen LogP contribution in [0, 0.1) is 11.8 Å². The van der Waals surface area contributed by atoms with Gasteiger partial charge in [0, 0.05) is 6.54 Å². The number of amides is 1. The first-order valence-corrected chi connectivity index (χ1v) is 6.04. The van der Waals surface area contributed by atoms with Gasteiger partial charge in [0.15, 0.2) is 0 Å². The number of nitrogens with zero attached hydrogens (tertiary/aromatic N) is 1. The van der Waals surface area contributed by atoms with Gasteiger partial charge < -0.3 is 14.7 Å². The third-order valence-corrected chi connectivity index (χ3v) is 3.34. The summed E-state index contributed by atoms with van der Waals surface area (Å²) >= 11 is 0. The maximum Gasteiger partial charge on any atom is 0.410 e. The van der Waals surface area contributed by atoms with Gasteiger partial charge in [-0.25, -0.2) is 4.79 Å². The third kappa shape index (κ3) is 2.37. The molecule has 2 rings (SSSR count). The molecule has 1 amide bonds. The lowest BCUT2D eigenvalue weighted by Crippen LogP contribution is -2.41. The average molecular weight is 241 g/mol. The number of fused-ring (bicyclic) bond motifs is 1. The van der Waals surface area contributed by atoms with Gasteiger partial charge in [-0.05, 0) is 39.5 Å². The van der Waals surface area contributed by atoms with Gasteiger partial charge in [-0.1, -0.05) is 0 Å². The van der Waals surface area contributed by atoms with E-state index in [4.69, 9.17) is 9.84 Å². The number of ether oxygens (including phenoxy) is 1. The molecule has 96 valence electrons. The maximum absolute atomic E-state index is 11.9. The smallest absolute Gasteiger partial charge is 0.410 e. The Kier molecular flexibility index (Phi) is 2.79. The predicted molar refractivity (Wildman–Crippen MR) is 60.6 cm³/mol. The standard InChI is InChI=1S/C12H19NO4/c1-12(2,3)17-11(16)13-6-4-5-7-8(9(7)13)10(14)15/h7-9H,4-6H2,1-3H3,(H,14,15)/t7-,8+,9-/m1/s1. The fourth-order valence-corrected chi connectivity index (χ4v) is 2.64. The van der Waals surface area contributed by atoms with E-state index in [0.29, 0.717) is 6.54 Å². The summed E-state index contributed by atoms with van der Waals surface area (Å²) in [6.45, 7) is 6.05. The molecule has 5 nitrogen and oxygen atoms in total. The first-order valence-electron chi connectivity index (χ1n) is 6.04. The van der Waals surface area contributed by atoms with Crippen molar-refractivity contribution in [3.8, 4) is 0 Å². The molecular weight excluding hydrogens is 222 g/mol. The molecule has 1 saturated heterocycles. The highest BCUT2D eigenvalue weighted by Gasteiger charge is 2.60. The van der Waals surface area contributed by atoms with Gasteiger partial charge in [0.1, 0.15) is 5.60 Å². The molecule has 17 heavy (non-hydrogen) atoms. The van der Waals surface area contributed by atoms with Crippen LogP contribution in [0.2, 0.25) is 0 Å². The lowest BCUT2D eigenvalue weighted by Gasteiger charge is -2.29. The number of carboxylic acid groups (broad SMARTS) is 1. The normalized spacial score (nSPS) is 31.7. The summed E-state index contributed by atoms with van der Waals surface area (Å²) in [7, 11) is 0. The summed E-state index contributed by atoms with van der Waals surface area (Å²) in [5, 5.41) is 9.04. The molecule has 2 fully saturated rings. The van der Waals surface area contributed by atoms with Crippen molar-refractivity contribution in [3.05, 3.63) is 0 Å². The second kappa shape index (κ2) is 3.89. The second-order valence-corrected chi connectivity index (χ2v) is 5.83. The van der Waals surface area contributed by atoms with E-state index < -0.39 is 11.6 Å². The van der Waals surface area contributed by atoms with Crippen LogP contribution in [0.25, 0.3) is 0 Å². The highest BCUT2D eigenvalue weighted by molar-refractivity contribution is 5.78. The quantitative estimate of drug-likeness (QED) is 0.759. The Morgan fingerprint density at radius 3 is 2.53 bits per heavy atom. The Labute approximate surface area is 101 Å². The minimum absolute atomic E-state index is 0.133. The summed E-state index contributed by atoms with van der Waals surface area (Å²) in [5.74, 6) is -1.05. The number of aliphatic carboxylic acids is 1. The number of likely N-dealkylation sites (tertiary alicyclic amines) is 1. The molecule has 0 spiro atoms. The van der Waals surface area contributed by atoms with Crippen LogP contribution in [0.1, 0.15) is 33.6 Å². The summed E-state index contributed by atoms with van der Waals surface area (Å²) < 4.78 is 5.30. The molecule has 0 aromatic rings. The van der Waals surface area contributed by atoms with Crippen molar-refractivity contribution < 1.29 is 19.4 Å². The Morgan fingerprint density at radius 2 is 2.00 bits per heavy atom. The molecule has 0 bridgehead atoms. The van der Waals surface area contributed by atoms with E-state index in [1.165, 1.54) is 0 Å². The van der Waals surface area contributed by atoms with E-state index in [-0.39, 0.29) is 24.0 Å². The van der Waals surface area contributed by atoms with Crippen molar-refractivity contribution in [1.82, 2.24) is 4.90 Å². The van der Waals surface area contributed by atoms with Gasteiger partial charge in [0.05, 0.1) is 12.0 Å². The molecule has 1 saturated carbocycles. The van der Waals surface area contributed by atoms with Crippen molar-refractivity contribution in [1.29, 1.82) is 0 Å². The van der Waals surface area contributed by atoms with Crippen LogP contribution in [0.5, 0.6) is 0 Å². The zero-order valence-corrected chi connectivity index (χ0v) is 10.5. The minimum atomic E-state index is -0.796. The monoisotopic (exact) mass is 241 g/mol. The van der Waals surface area contributed by atoms with Crippen LogP contribution >= 0.6 is 0 Å². The zero-order chi connectivity index (χ0) is 12.8. The van der Waals surface area contributed by atoms with Gasteiger partial charge in [-0.15, -0.1) is 0 Å². The van der Waals surface area contributed by atoms with E-state index in [1.54, 1.807) is 4.90 Å². The molecule has 1 N–H and O–H groups in total. The number of hydrogen-bond acceptors (Lipinski definition) is 3. The van der Waals surface area contributed by atoms with Crippen molar-refractivity contribution >= 4 is 12.1 Å². The third-order valence-electron chi connectivity index (χ3n) is 3.34. The Morgan fingerprint density at radius 1 is 1.35 bits per heavy atom. The molecular formula is C12H19NO4. The first-order chi connectivity index (χ1) is 7.81. The molecule has 2 aliphatic rings. The van der Waals surface area contributed by atoms with Crippen molar-refractivity contribution in [2.75, 3.05) is 6.54 Å². The van der Waals surface area contributed by atoms with E-state index in [9.17, 15) is 9.59 Å². The molecule has 0 aromatic carbocycles. The van der Waals surface area contributed by atoms with E-state index in [2.05, 4.69) is 0 Å². The fourth-order valence-electron chi connectivity index (χ4n) is 2.64. The summed E-state index contributed by atoms with van der Waals surface area (Å²) in [6, 6.07) is -0.143. The second-order valence-electron chi connectivity index (χ2n) is 5.83. The Balaban J connectivity index is 2.02. The molecule has 0 unspecified atom stereocenters. The minimum Gasteiger partial charge on any atom is -0.481 e. The molecule has 0 radical (unpaired) electrons. The molecule has 1 heterocycles.